The van der Waals surface area contributed by atoms with Gasteiger partial charge in [-0.05, 0) is 25.5 Å². The topological polar surface area (TPSA) is 54.0 Å². The third-order valence-electron chi connectivity index (χ3n) is 2.26. The van der Waals surface area contributed by atoms with Gasteiger partial charge in [0, 0.05) is 19.3 Å². The Kier molecular flexibility index (Phi) is 5.50. The Hall–Kier alpha value is -1.42. The van der Waals surface area contributed by atoms with Gasteiger partial charge in [0.25, 0.3) is 0 Å². The molecule has 1 aromatic rings. The summed E-state index contributed by atoms with van der Waals surface area (Å²) in [5.74, 6) is 0.0396. The average molecular weight is 221 g/mol. The fourth-order valence-corrected chi connectivity index (χ4v) is 1.25. The van der Waals surface area contributed by atoms with Crippen LogP contribution in [0.5, 0.6) is 0 Å². The Morgan fingerprint density at radius 1 is 1.50 bits per heavy atom. The highest BCUT2D eigenvalue weighted by molar-refractivity contribution is 5.81. The molecule has 1 aromatic heterocycles. The Bertz CT molecular complexity index is 313. The molecule has 1 unspecified atom stereocenters. The molecule has 4 heteroatoms. The van der Waals surface area contributed by atoms with Gasteiger partial charge in [0.15, 0.2) is 0 Å². The van der Waals surface area contributed by atoms with Gasteiger partial charge >= 0.3 is 0 Å². The van der Waals surface area contributed by atoms with E-state index < -0.39 is 0 Å². The van der Waals surface area contributed by atoms with E-state index in [9.17, 15) is 4.79 Å². The second-order valence-corrected chi connectivity index (χ2v) is 3.71. The van der Waals surface area contributed by atoms with Gasteiger partial charge in [0.1, 0.15) is 0 Å². The largest absolute Gasteiger partial charge is 0.355 e. The van der Waals surface area contributed by atoms with Gasteiger partial charge in [-0.25, -0.2) is 0 Å². The molecule has 0 saturated carbocycles. The number of pyridine rings is 1. The molecule has 0 fully saturated rings. The summed E-state index contributed by atoms with van der Waals surface area (Å²) < 4.78 is 0. The predicted octanol–water partition coefficient (Wildman–Crippen LogP) is 1.09. The van der Waals surface area contributed by atoms with Crippen molar-refractivity contribution >= 4 is 5.91 Å². The van der Waals surface area contributed by atoms with Gasteiger partial charge in [-0.1, -0.05) is 13.0 Å². The van der Waals surface area contributed by atoms with E-state index in [1.54, 1.807) is 6.20 Å². The number of carbonyl (C=O) groups is 1. The van der Waals surface area contributed by atoms with Crippen LogP contribution in [0.3, 0.4) is 0 Å². The molecule has 1 heterocycles. The van der Waals surface area contributed by atoms with Crippen LogP contribution in [0, 0.1) is 0 Å². The van der Waals surface area contributed by atoms with E-state index in [0.717, 1.165) is 18.7 Å². The van der Waals surface area contributed by atoms with E-state index in [0.29, 0.717) is 6.54 Å². The summed E-state index contributed by atoms with van der Waals surface area (Å²) in [5.41, 5.74) is 0.942. The van der Waals surface area contributed by atoms with Crippen LogP contribution in [-0.2, 0) is 11.3 Å². The van der Waals surface area contributed by atoms with Gasteiger partial charge in [-0.3, -0.25) is 9.78 Å². The molecule has 0 radical (unpaired) electrons. The summed E-state index contributed by atoms with van der Waals surface area (Å²) in [6, 6.07) is 5.56. The van der Waals surface area contributed by atoms with Crippen LogP contribution in [0.4, 0.5) is 0 Å². The van der Waals surface area contributed by atoms with Crippen molar-refractivity contribution in [3.8, 4) is 0 Å². The lowest BCUT2D eigenvalue weighted by Gasteiger charge is -2.13. The number of rotatable bonds is 6. The first-order chi connectivity index (χ1) is 7.74. The maximum atomic E-state index is 11.5. The third-order valence-corrected chi connectivity index (χ3v) is 2.26. The zero-order valence-electron chi connectivity index (χ0n) is 9.86. The molecule has 2 N–H and O–H groups in total. The number of hydrogen-bond donors (Lipinski definition) is 2. The smallest absolute Gasteiger partial charge is 0.236 e. The lowest BCUT2D eigenvalue weighted by atomic mass is 10.3. The highest BCUT2D eigenvalue weighted by Crippen LogP contribution is 1.93. The minimum Gasteiger partial charge on any atom is -0.355 e. The van der Waals surface area contributed by atoms with Crippen LogP contribution in [-0.4, -0.2) is 23.5 Å². The molecular weight excluding hydrogens is 202 g/mol. The minimum absolute atomic E-state index is 0.0396. The Morgan fingerprint density at radius 3 is 2.94 bits per heavy atom. The summed E-state index contributed by atoms with van der Waals surface area (Å²) in [6.45, 7) is 5.23. The molecule has 1 atom stereocenters. The number of aromatic nitrogens is 1. The summed E-state index contributed by atoms with van der Waals surface area (Å²) >= 11 is 0. The van der Waals surface area contributed by atoms with E-state index in [2.05, 4.69) is 15.6 Å². The van der Waals surface area contributed by atoms with Gasteiger partial charge in [0.2, 0.25) is 5.91 Å². The SMILES string of the molecule is CCCNC(=O)C(C)NCc1ccccn1. The number of amides is 1. The minimum atomic E-state index is -0.187. The van der Waals surface area contributed by atoms with Gasteiger partial charge in [0.05, 0.1) is 11.7 Å². The highest BCUT2D eigenvalue weighted by Gasteiger charge is 2.10. The molecule has 1 amide bonds. The molecule has 0 bridgehead atoms. The molecule has 0 aliphatic heterocycles. The molecule has 0 aliphatic rings. The maximum Gasteiger partial charge on any atom is 0.236 e. The summed E-state index contributed by atoms with van der Waals surface area (Å²) in [7, 11) is 0. The number of nitrogens with one attached hydrogen (secondary N) is 2. The first kappa shape index (κ1) is 12.6. The maximum absolute atomic E-state index is 11.5. The summed E-state index contributed by atoms with van der Waals surface area (Å²) in [5, 5.41) is 5.98. The molecule has 1 rings (SSSR count). The van der Waals surface area contributed by atoms with E-state index >= 15 is 0 Å². The molecular formula is C12H19N3O. The third kappa shape index (κ3) is 4.40. The number of carbonyl (C=O) groups excluding carboxylic acids is 1. The molecule has 16 heavy (non-hydrogen) atoms. The van der Waals surface area contributed by atoms with Crippen molar-refractivity contribution in [3.63, 3.8) is 0 Å². The van der Waals surface area contributed by atoms with Gasteiger partial charge in [-0.15, -0.1) is 0 Å². The van der Waals surface area contributed by atoms with Crippen molar-refractivity contribution < 1.29 is 4.79 Å². The number of hydrogen-bond acceptors (Lipinski definition) is 3. The van der Waals surface area contributed by atoms with Crippen LogP contribution in [0.1, 0.15) is 26.0 Å². The molecule has 0 aliphatic carbocycles. The van der Waals surface area contributed by atoms with Crippen LogP contribution in [0.15, 0.2) is 24.4 Å². The van der Waals surface area contributed by atoms with E-state index in [-0.39, 0.29) is 11.9 Å². The van der Waals surface area contributed by atoms with Crippen LogP contribution < -0.4 is 10.6 Å². The van der Waals surface area contributed by atoms with Crippen LogP contribution in [0.25, 0.3) is 0 Å². The van der Waals surface area contributed by atoms with E-state index in [1.165, 1.54) is 0 Å². The lowest BCUT2D eigenvalue weighted by Crippen LogP contribution is -2.42. The van der Waals surface area contributed by atoms with Crippen molar-refractivity contribution in [3.05, 3.63) is 30.1 Å². The Balaban J connectivity index is 2.29. The second kappa shape index (κ2) is 6.95. The Morgan fingerprint density at radius 2 is 2.31 bits per heavy atom. The van der Waals surface area contributed by atoms with Crippen molar-refractivity contribution in [1.29, 1.82) is 0 Å². The second-order valence-electron chi connectivity index (χ2n) is 3.71. The van der Waals surface area contributed by atoms with Gasteiger partial charge in [-0.2, -0.15) is 0 Å². The standard InChI is InChI=1S/C12H19N3O/c1-3-7-14-12(16)10(2)15-9-11-6-4-5-8-13-11/h4-6,8,10,15H,3,7,9H2,1-2H3,(H,14,16). The number of nitrogens with zero attached hydrogens (tertiary/aromatic N) is 1. The van der Waals surface area contributed by atoms with Gasteiger partial charge < -0.3 is 10.6 Å². The average Bonchev–Trinajstić information content (AvgIpc) is 2.34. The molecule has 0 aromatic carbocycles. The van der Waals surface area contributed by atoms with Crippen molar-refractivity contribution in [2.24, 2.45) is 0 Å². The van der Waals surface area contributed by atoms with Crippen molar-refractivity contribution in [1.82, 2.24) is 15.6 Å². The van der Waals surface area contributed by atoms with Crippen LogP contribution >= 0.6 is 0 Å². The quantitative estimate of drug-likeness (QED) is 0.756. The van der Waals surface area contributed by atoms with Crippen LogP contribution in [0.2, 0.25) is 0 Å². The first-order valence-corrected chi connectivity index (χ1v) is 5.65. The normalized spacial score (nSPS) is 12.1. The fourth-order valence-electron chi connectivity index (χ4n) is 1.25. The lowest BCUT2D eigenvalue weighted by molar-refractivity contribution is -0.122. The highest BCUT2D eigenvalue weighted by atomic mass is 16.2. The Labute approximate surface area is 96.5 Å². The zero-order chi connectivity index (χ0) is 11.8. The van der Waals surface area contributed by atoms with Crippen molar-refractivity contribution in [2.45, 2.75) is 32.9 Å². The predicted molar refractivity (Wildman–Crippen MR) is 63.8 cm³/mol. The molecule has 88 valence electrons. The zero-order valence-corrected chi connectivity index (χ0v) is 9.86. The van der Waals surface area contributed by atoms with E-state index in [1.807, 2.05) is 32.0 Å². The van der Waals surface area contributed by atoms with E-state index in [4.69, 9.17) is 0 Å². The van der Waals surface area contributed by atoms with Crippen molar-refractivity contribution in [2.75, 3.05) is 6.54 Å². The molecule has 0 saturated heterocycles. The monoisotopic (exact) mass is 221 g/mol. The molecule has 0 spiro atoms. The first-order valence-electron chi connectivity index (χ1n) is 5.65. The fraction of sp³-hybridized carbons (Fsp3) is 0.500. The molecule has 4 nitrogen and oxygen atoms in total. The summed E-state index contributed by atoms with van der Waals surface area (Å²) in [4.78, 5) is 15.7. The summed E-state index contributed by atoms with van der Waals surface area (Å²) in [6.07, 6.45) is 2.71.